The molecule has 2 rings (SSSR count). The van der Waals surface area contributed by atoms with E-state index in [1.807, 2.05) is 0 Å². The monoisotopic (exact) mass is 180 g/mol. The maximum absolute atomic E-state index is 11.5. The Bertz CT molecular complexity index is 282. The first kappa shape index (κ1) is 8.22. The molecule has 1 atom stereocenters. The average molecular weight is 180 g/mol. The normalized spacial score (nSPS) is 23.7. The smallest absolute Gasteiger partial charge is 0.244 e. The zero-order valence-electron chi connectivity index (χ0n) is 7.31. The highest BCUT2D eigenvalue weighted by Crippen LogP contribution is 2.16. The fourth-order valence-corrected chi connectivity index (χ4v) is 1.56. The number of carbonyl (C=O) groups is 1. The lowest BCUT2D eigenvalue weighted by molar-refractivity contribution is -0.124. The molecule has 2 heterocycles. The first-order chi connectivity index (χ1) is 6.38. The molecule has 1 fully saturated rings. The number of rotatable bonds is 1. The number of nitrogens with one attached hydrogen (secondary N) is 1. The lowest BCUT2D eigenvalue weighted by Gasteiger charge is -2.11. The van der Waals surface area contributed by atoms with E-state index in [-0.39, 0.29) is 11.9 Å². The van der Waals surface area contributed by atoms with Gasteiger partial charge in [-0.15, -0.1) is 5.10 Å². The molecule has 0 aromatic carbocycles. The van der Waals surface area contributed by atoms with Crippen molar-refractivity contribution in [3.8, 4) is 0 Å². The second-order valence-corrected chi connectivity index (χ2v) is 3.19. The first-order valence-electron chi connectivity index (χ1n) is 4.51. The Hall–Kier alpha value is -1.39. The van der Waals surface area contributed by atoms with E-state index < -0.39 is 0 Å². The highest BCUT2D eigenvalue weighted by atomic mass is 16.2. The highest BCUT2D eigenvalue weighted by molar-refractivity contribution is 5.80. The number of hydrogen-bond acceptors (Lipinski definition) is 3. The molecule has 0 bridgehead atoms. The topological polar surface area (TPSA) is 59.8 Å². The number of carbonyl (C=O) groups excluding carboxylic acids is 1. The van der Waals surface area contributed by atoms with Gasteiger partial charge in [-0.2, -0.15) is 0 Å². The van der Waals surface area contributed by atoms with Crippen molar-refractivity contribution in [2.24, 2.45) is 0 Å². The molecule has 1 aromatic heterocycles. The van der Waals surface area contributed by atoms with Crippen molar-refractivity contribution < 1.29 is 4.79 Å². The van der Waals surface area contributed by atoms with Gasteiger partial charge in [0.05, 0.1) is 6.20 Å². The third-order valence-electron chi connectivity index (χ3n) is 2.27. The number of aromatic nitrogens is 3. The lowest BCUT2D eigenvalue weighted by atomic mass is 10.1. The second-order valence-electron chi connectivity index (χ2n) is 3.19. The summed E-state index contributed by atoms with van der Waals surface area (Å²) in [5, 5.41) is 10.4. The number of nitrogens with zero attached hydrogens (tertiary/aromatic N) is 3. The van der Waals surface area contributed by atoms with Gasteiger partial charge in [0.1, 0.15) is 6.04 Å². The van der Waals surface area contributed by atoms with Crippen molar-refractivity contribution in [2.45, 2.75) is 25.3 Å². The van der Waals surface area contributed by atoms with Gasteiger partial charge in [-0.3, -0.25) is 4.79 Å². The minimum absolute atomic E-state index is 0.0583. The molecule has 1 unspecified atom stereocenters. The van der Waals surface area contributed by atoms with Crippen LogP contribution >= 0.6 is 0 Å². The van der Waals surface area contributed by atoms with Crippen molar-refractivity contribution in [2.75, 3.05) is 6.54 Å². The van der Waals surface area contributed by atoms with Crippen LogP contribution in [0.25, 0.3) is 0 Å². The van der Waals surface area contributed by atoms with Crippen LogP contribution in [0.5, 0.6) is 0 Å². The highest BCUT2D eigenvalue weighted by Gasteiger charge is 2.22. The van der Waals surface area contributed by atoms with E-state index in [4.69, 9.17) is 0 Å². The average Bonchev–Trinajstić information content (AvgIpc) is 2.56. The molecule has 1 aliphatic rings. The van der Waals surface area contributed by atoms with Crippen molar-refractivity contribution in [1.82, 2.24) is 20.3 Å². The van der Waals surface area contributed by atoms with Gasteiger partial charge in [-0.1, -0.05) is 5.21 Å². The predicted octanol–water partition coefficient (Wildman–Crippen LogP) is 0.119. The van der Waals surface area contributed by atoms with Crippen LogP contribution in [-0.2, 0) is 4.79 Å². The molecular weight excluding hydrogens is 168 g/mol. The largest absolute Gasteiger partial charge is 0.354 e. The zero-order valence-corrected chi connectivity index (χ0v) is 7.31. The Morgan fingerprint density at radius 3 is 3.23 bits per heavy atom. The molecule has 5 heteroatoms. The Morgan fingerprint density at radius 1 is 1.54 bits per heavy atom. The predicted molar refractivity (Wildman–Crippen MR) is 45.9 cm³/mol. The van der Waals surface area contributed by atoms with E-state index in [1.54, 1.807) is 17.1 Å². The summed E-state index contributed by atoms with van der Waals surface area (Å²) in [4.78, 5) is 11.5. The third-order valence-corrected chi connectivity index (χ3v) is 2.27. The van der Waals surface area contributed by atoms with Crippen molar-refractivity contribution in [3.63, 3.8) is 0 Å². The quantitative estimate of drug-likeness (QED) is 0.667. The fraction of sp³-hybridized carbons (Fsp3) is 0.625. The maximum Gasteiger partial charge on any atom is 0.244 e. The Balaban J connectivity index is 2.16. The molecule has 1 N–H and O–H groups in total. The molecular formula is C8H12N4O. The van der Waals surface area contributed by atoms with Gasteiger partial charge in [0, 0.05) is 12.7 Å². The molecule has 5 nitrogen and oxygen atoms in total. The van der Waals surface area contributed by atoms with Gasteiger partial charge in [0.25, 0.3) is 0 Å². The molecule has 1 aromatic rings. The molecule has 0 radical (unpaired) electrons. The Labute approximate surface area is 76.1 Å². The van der Waals surface area contributed by atoms with Crippen molar-refractivity contribution in [1.29, 1.82) is 0 Å². The minimum Gasteiger partial charge on any atom is -0.354 e. The maximum atomic E-state index is 11.5. The molecule has 1 amide bonds. The number of amides is 1. The zero-order chi connectivity index (χ0) is 9.10. The van der Waals surface area contributed by atoms with Gasteiger partial charge in [0.2, 0.25) is 5.91 Å². The Kier molecular flexibility index (Phi) is 2.25. The van der Waals surface area contributed by atoms with Crippen LogP contribution in [0.3, 0.4) is 0 Å². The molecule has 70 valence electrons. The minimum atomic E-state index is -0.162. The summed E-state index contributed by atoms with van der Waals surface area (Å²) in [6, 6.07) is -0.162. The molecule has 1 aliphatic heterocycles. The van der Waals surface area contributed by atoms with Crippen LogP contribution in [0.1, 0.15) is 25.3 Å². The SMILES string of the molecule is O=C1NCCCCC1n1ccnn1. The molecule has 13 heavy (non-hydrogen) atoms. The van der Waals surface area contributed by atoms with Gasteiger partial charge < -0.3 is 5.32 Å². The molecule has 1 saturated heterocycles. The Morgan fingerprint density at radius 2 is 2.46 bits per heavy atom. The van der Waals surface area contributed by atoms with Gasteiger partial charge >= 0.3 is 0 Å². The van der Waals surface area contributed by atoms with Crippen LogP contribution in [0.15, 0.2) is 12.4 Å². The standard InChI is InChI=1S/C8H12N4O/c13-8-7(3-1-2-4-9-8)12-6-5-10-11-12/h5-7H,1-4H2,(H,9,13). The van der Waals surface area contributed by atoms with Gasteiger partial charge in [-0.25, -0.2) is 4.68 Å². The van der Waals surface area contributed by atoms with Crippen molar-refractivity contribution in [3.05, 3.63) is 12.4 Å². The summed E-state index contributed by atoms with van der Waals surface area (Å²) in [5.41, 5.74) is 0. The summed E-state index contributed by atoms with van der Waals surface area (Å²) < 4.78 is 1.63. The molecule has 0 aliphatic carbocycles. The van der Waals surface area contributed by atoms with Gasteiger partial charge in [-0.05, 0) is 19.3 Å². The summed E-state index contributed by atoms with van der Waals surface area (Å²) in [7, 11) is 0. The van der Waals surface area contributed by atoms with Crippen LogP contribution in [0, 0.1) is 0 Å². The molecule has 0 saturated carbocycles. The summed E-state index contributed by atoms with van der Waals surface area (Å²) >= 11 is 0. The van der Waals surface area contributed by atoms with Crippen LogP contribution in [-0.4, -0.2) is 27.4 Å². The summed E-state index contributed by atoms with van der Waals surface area (Å²) in [6.07, 6.45) is 6.29. The van der Waals surface area contributed by atoms with E-state index in [2.05, 4.69) is 15.6 Å². The summed E-state index contributed by atoms with van der Waals surface area (Å²) in [6.45, 7) is 0.782. The molecule has 0 spiro atoms. The van der Waals surface area contributed by atoms with E-state index in [0.717, 1.165) is 25.8 Å². The van der Waals surface area contributed by atoms with E-state index in [1.165, 1.54) is 0 Å². The van der Waals surface area contributed by atoms with E-state index >= 15 is 0 Å². The third kappa shape index (κ3) is 1.68. The van der Waals surface area contributed by atoms with Crippen LogP contribution in [0.4, 0.5) is 0 Å². The van der Waals surface area contributed by atoms with Crippen LogP contribution < -0.4 is 5.32 Å². The summed E-state index contributed by atoms with van der Waals surface area (Å²) in [5.74, 6) is 0.0583. The number of hydrogen-bond donors (Lipinski definition) is 1. The van der Waals surface area contributed by atoms with E-state index in [0.29, 0.717) is 0 Å². The second kappa shape index (κ2) is 3.55. The van der Waals surface area contributed by atoms with E-state index in [9.17, 15) is 4.79 Å². The van der Waals surface area contributed by atoms with Crippen molar-refractivity contribution >= 4 is 5.91 Å². The fourth-order valence-electron chi connectivity index (χ4n) is 1.56. The lowest BCUT2D eigenvalue weighted by Crippen LogP contribution is -2.31. The van der Waals surface area contributed by atoms with Gasteiger partial charge in [0.15, 0.2) is 0 Å². The first-order valence-corrected chi connectivity index (χ1v) is 4.51. The van der Waals surface area contributed by atoms with Crippen LogP contribution in [0.2, 0.25) is 0 Å².